The largest absolute Gasteiger partial charge is 0.462 e. The second-order valence-electron chi connectivity index (χ2n) is 8.29. The number of nitrogens with one attached hydrogen (secondary N) is 1. The topological polar surface area (TPSA) is 81.7 Å². The lowest BCUT2D eigenvalue weighted by Gasteiger charge is -2.20. The molecule has 1 aromatic heterocycles. The molecule has 0 unspecified atom stereocenters. The Morgan fingerprint density at radius 1 is 1.10 bits per heavy atom. The molecule has 3 atom stereocenters. The number of esters is 2. The van der Waals surface area contributed by atoms with Crippen LogP contribution < -0.4 is 5.32 Å². The molecule has 2 aliphatic rings. The molecule has 6 nitrogen and oxygen atoms in total. The fourth-order valence-electron chi connectivity index (χ4n) is 4.81. The van der Waals surface area contributed by atoms with Crippen molar-refractivity contribution < 1.29 is 23.9 Å². The van der Waals surface area contributed by atoms with Crippen molar-refractivity contribution in [3.05, 3.63) is 41.3 Å². The highest BCUT2D eigenvalue weighted by atomic mass is 32.1. The van der Waals surface area contributed by atoms with Crippen LogP contribution in [0.25, 0.3) is 10.4 Å². The molecule has 2 fully saturated rings. The molecule has 4 rings (SSSR count). The molecule has 31 heavy (non-hydrogen) atoms. The molecule has 2 bridgehead atoms. The fraction of sp³-hybridized carbons (Fsp3) is 0.458. The monoisotopic (exact) mass is 441 g/mol. The maximum atomic E-state index is 12.4. The molecule has 0 aliphatic heterocycles. The molecule has 2 aromatic rings. The van der Waals surface area contributed by atoms with Crippen LogP contribution in [0, 0.1) is 17.8 Å². The Morgan fingerprint density at radius 2 is 1.90 bits per heavy atom. The number of amides is 1. The van der Waals surface area contributed by atoms with Crippen molar-refractivity contribution in [3.63, 3.8) is 0 Å². The summed E-state index contributed by atoms with van der Waals surface area (Å²) >= 11 is 1.26. The molecule has 1 amide bonds. The number of rotatable bonds is 8. The summed E-state index contributed by atoms with van der Waals surface area (Å²) in [5.41, 5.74) is 1.31. The number of hydrogen-bond acceptors (Lipinski definition) is 6. The summed E-state index contributed by atoms with van der Waals surface area (Å²) in [6, 6.07) is 11.4. The number of anilines is 1. The van der Waals surface area contributed by atoms with Crippen LogP contribution in [0.2, 0.25) is 0 Å². The van der Waals surface area contributed by atoms with Crippen molar-refractivity contribution in [1.29, 1.82) is 0 Å². The quantitative estimate of drug-likeness (QED) is 0.589. The van der Waals surface area contributed by atoms with E-state index in [2.05, 4.69) is 5.32 Å². The first-order valence-electron chi connectivity index (χ1n) is 10.8. The van der Waals surface area contributed by atoms with E-state index >= 15 is 0 Å². The summed E-state index contributed by atoms with van der Waals surface area (Å²) in [5.74, 6) is 0.525. The van der Waals surface area contributed by atoms with Gasteiger partial charge in [0.1, 0.15) is 4.88 Å². The van der Waals surface area contributed by atoms with Crippen molar-refractivity contribution in [2.45, 2.75) is 39.0 Å². The van der Waals surface area contributed by atoms with Crippen molar-refractivity contribution in [2.24, 2.45) is 17.8 Å². The van der Waals surface area contributed by atoms with Crippen molar-refractivity contribution in [1.82, 2.24) is 0 Å². The van der Waals surface area contributed by atoms with Crippen LogP contribution in [0.3, 0.4) is 0 Å². The average Bonchev–Trinajstić information content (AvgIpc) is 3.49. The third-order valence-corrected chi connectivity index (χ3v) is 7.37. The van der Waals surface area contributed by atoms with Gasteiger partial charge in [0, 0.05) is 11.3 Å². The summed E-state index contributed by atoms with van der Waals surface area (Å²) in [4.78, 5) is 38.2. The predicted molar refractivity (Wildman–Crippen MR) is 119 cm³/mol. The summed E-state index contributed by atoms with van der Waals surface area (Å²) in [6.07, 6.45) is 5.22. The van der Waals surface area contributed by atoms with E-state index in [0.29, 0.717) is 28.8 Å². The minimum Gasteiger partial charge on any atom is -0.462 e. The van der Waals surface area contributed by atoms with Crippen molar-refractivity contribution in [3.8, 4) is 10.4 Å². The predicted octanol–water partition coefficient (Wildman–Crippen LogP) is 4.90. The van der Waals surface area contributed by atoms with Crippen molar-refractivity contribution >= 4 is 34.9 Å². The molecular formula is C24H27NO5S. The Bertz CT molecular complexity index is 954. The maximum absolute atomic E-state index is 12.4. The van der Waals surface area contributed by atoms with Crippen LogP contribution in [-0.2, 0) is 19.1 Å². The number of benzene rings is 1. The van der Waals surface area contributed by atoms with E-state index in [-0.39, 0.29) is 19.2 Å². The molecule has 164 valence electrons. The third-order valence-electron chi connectivity index (χ3n) is 6.20. The van der Waals surface area contributed by atoms with Gasteiger partial charge in [0.2, 0.25) is 0 Å². The molecule has 2 aliphatic carbocycles. The zero-order valence-corrected chi connectivity index (χ0v) is 18.4. The normalized spacial score (nSPS) is 21.6. The first kappa shape index (κ1) is 21.6. The number of carbonyl (C=O) groups is 3. The van der Waals surface area contributed by atoms with E-state index in [1.165, 1.54) is 30.6 Å². The van der Waals surface area contributed by atoms with E-state index in [4.69, 9.17) is 9.47 Å². The zero-order chi connectivity index (χ0) is 21.8. The summed E-state index contributed by atoms with van der Waals surface area (Å²) in [6.45, 7) is 1.61. The van der Waals surface area contributed by atoms with Gasteiger partial charge in [-0.3, -0.25) is 9.59 Å². The van der Waals surface area contributed by atoms with Gasteiger partial charge in [-0.25, -0.2) is 4.79 Å². The highest BCUT2D eigenvalue weighted by Crippen LogP contribution is 2.49. The van der Waals surface area contributed by atoms with Gasteiger partial charge < -0.3 is 14.8 Å². The van der Waals surface area contributed by atoms with Crippen LogP contribution in [-0.4, -0.2) is 31.1 Å². The van der Waals surface area contributed by atoms with E-state index in [9.17, 15) is 14.4 Å². The lowest BCUT2D eigenvalue weighted by molar-refractivity contribution is -0.148. The van der Waals surface area contributed by atoms with Crippen LogP contribution in [0.4, 0.5) is 5.69 Å². The van der Waals surface area contributed by atoms with Crippen LogP contribution in [0.5, 0.6) is 0 Å². The average molecular weight is 442 g/mol. The highest BCUT2D eigenvalue weighted by molar-refractivity contribution is 7.18. The number of fused-ring (bicyclic) bond motifs is 2. The standard InChI is InChI=1S/C24H27NO5S/c1-2-29-24(28)23-19(13-20(31-23)16-6-4-3-5-7-16)25-21(26)14-30-22(27)12-18-11-15-8-9-17(18)10-15/h3-7,13,15,17-18H,2,8-12,14H2,1H3,(H,25,26)/t15-,17-,18+/m0/s1. The van der Waals surface area contributed by atoms with Gasteiger partial charge in [-0.2, -0.15) is 0 Å². The first-order valence-corrected chi connectivity index (χ1v) is 11.7. The lowest BCUT2D eigenvalue weighted by atomic mass is 9.86. The Hall–Kier alpha value is -2.67. The molecule has 2 saturated carbocycles. The molecule has 7 heteroatoms. The molecule has 0 radical (unpaired) electrons. The molecule has 1 aromatic carbocycles. The molecule has 1 N–H and O–H groups in total. The van der Waals surface area contributed by atoms with Gasteiger partial charge >= 0.3 is 11.9 Å². The fourth-order valence-corrected chi connectivity index (χ4v) is 5.82. The summed E-state index contributed by atoms with van der Waals surface area (Å²) in [5, 5.41) is 2.71. The van der Waals surface area contributed by atoms with E-state index in [1.807, 2.05) is 30.3 Å². The van der Waals surface area contributed by atoms with Gasteiger partial charge in [0.15, 0.2) is 6.61 Å². The zero-order valence-electron chi connectivity index (χ0n) is 17.6. The van der Waals surface area contributed by atoms with Gasteiger partial charge in [-0.15, -0.1) is 11.3 Å². The van der Waals surface area contributed by atoms with E-state index in [0.717, 1.165) is 22.8 Å². The summed E-state index contributed by atoms with van der Waals surface area (Å²) < 4.78 is 10.4. The minimum atomic E-state index is -0.488. The van der Waals surface area contributed by atoms with Crippen LogP contribution in [0.15, 0.2) is 36.4 Å². The van der Waals surface area contributed by atoms with Gasteiger partial charge in [0.05, 0.1) is 12.3 Å². The lowest BCUT2D eigenvalue weighted by Crippen LogP contribution is -2.23. The Labute approximate surface area is 185 Å². The summed E-state index contributed by atoms with van der Waals surface area (Å²) in [7, 11) is 0. The van der Waals surface area contributed by atoms with Crippen LogP contribution in [0.1, 0.15) is 48.7 Å². The van der Waals surface area contributed by atoms with Crippen molar-refractivity contribution in [2.75, 3.05) is 18.5 Å². The number of carbonyl (C=O) groups excluding carboxylic acids is 3. The first-order chi connectivity index (χ1) is 15.0. The third kappa shape index (κ3) is 5.15. The van der Waals surface area contributed by atoms with Gasteiger partial charge in [-0.1, -0.05) is 36.8 Å². The van der Waals surface area contributed by atoms with Gasteiger partial charge in [-0.05, 0) is 55.6 Å². The minimum absolute atomic E-state index is 0.241. The Morgan fingerprint density at radius 3 is 2.58 bits per heavy atom. The Balaban J connectivity index is 1.36. The van der Waals surface area contributed by atoms with E-state index in [1.54, 1.807) is 13.0 Å². The highest BCUT2D eigenvalue weighted by Gasteiger charge is 2.40. The second kappa shape index (κ2) is 9.64. The van der Waals surface area contributed by atoms with Gasteiger partial charge in [0.25, 0.3) is 5.91 Å². The molecule has 1 heterocycles. The number of thiophene rings is 1. The second-order valence-corrected chi connectivity index (χ2v) is 9.34. The SMILES string of the molecule is CCOC(=O)c1sc(-c2ccccc2)cc1NC(=O)COC(=O)C[C@H]1C[C@H]2CC[C@H]1C2. The smallest absolute Gasteiger partial charge is 0.350 e. The number of hydrogen-bond donors (Lipinski definition) is 1. The number of ether oxygens (including phenoxy) is 2. The molecular weight excluding hydrogens is 414 g/mol. The maximum Gasteiger partial charge on any atom is 0.350 e. The molecule has 0 saturated heterocycles. The van der Waals surface area contributed by atoms with E-state index < -0.39 is 11.9 Å². The Kier molecular flexibility index (Phi) is 6.70. The molecule has 0 spiro atoms. The van der Waals surface area contributed by atoms with Crippen LogP contribution >= 0.6 is 11.3 Å².